The van der Waals surface area contributed by atoms with Crippen LogP contribution in [0.15, 0.2) is 90.2 Å². The molecule has 4 aromatic rings. The topological polar surface area (TPSA) is 94.8 Å². The maximum Gasteiger partial charge on any atom is 0.271 e. The third kappa shape index (κ3) is 4.86. The van der Waals surface area contributed by atoms with Gasteiger partial charge in [0.2, 0.25) is 5.78 Å². The van der Waals surface area contributed by atoms with Crippen LogP contribution in [0.1, 0.15) is 32.0 Å². The van der Waals surface area contributed by atoms with Crippen molar-refractivity contribution >= 4 is 17.9 Å². The van der Waals surface area contributed by atoms with E-state index in [9.17, 15) is 9.59 Å². The Morgan fingerprint density at radius 2 is 1.56 bits per heavy atom. The molecule has 1 heterocycles. The van der Waals surface area contributed by atoms with Gasteiger partial charge in [0.05, 0.1) is 26.1 Å². The fourth-order valence-corrected chi connectivity index (χ4v) is 3.30. The second-order valence-electron chi connectivity index (χ2n) is 7.18. The quantitative estimate of drug-likeness (QED) is 0.248. The van der Waals surface area contributed by atoms with Crippen molar-refractivity contribution in [2.75, 3.05) is 14.2 Å². The van der Waals surface area contributed by atoms with Gasteiger partial charge in [-0.05, 0) is 30.3 Å². The number of nitrogens with one attached hydrogen (secondary N) is 1. The highest BCUT2D eigenvalue weighted by atomic mass is 16.5. The molecule has 1 N–H and O–H groups in total. The van der Waals surface area contributed by atoms with Gasteiger partial charge in [-0.2, -0.15) is 10.2 Å². The average Bonchev–Trinajstić information content (AvgIpc) is 3.32. The lowest BCUT2D eigenvalue weighted by Crippen LogP contribution is -2.18. The molecular weight excluding hydrogens is 432 g/mol. The smallest absolute Gasteiger partial charge is 0.271 e. The molecule has 0 radical (unpaired) electrons. The van der Waals surface area contributed by atoms with Crippen LogP contribution >= 0.6 is 0 Å². The van der Waals surface area contributed by atoms with Crippen LogP contribution in [0, 0.1) is 0 Å². The molecule has 4 rings (SSSR count). The summed E-state index contributed by atoms with van der Waals surface area (Å²) in [6, 6.07) is 23.1. The standard InChI is InChI=1S/C26H22N4O4/c1-33-22-14-13-19(15-23(22)34-2)26(32)28-27-16-20-17-30(21-11-7-4-8-12-21)29-24(20)25(31)18-9-5-3-6-10-18/h3-17H,1-2H3,(H,28,32). The molecule has 0 saturated carbocycles. The second-order valence-corrected chi connectivity index (χ2v) is 7.18. The number of methoxy groups -OCH3 is 2. The van der Waals surface area contributed by atoms with Crippen LogP contribution in [-0.2, 0) is 0 Å². The Morgan fingerprint density at radius 1 is 0.882 bits per heavy atom. The van der Waals surface area contributed by atoms with Crippen LogP contribution in [0.2, 0.25) is 0 Å². The lowest BCUT2D eigenvalue weighted by Gasteiger charge is -2.08. The molecule has 0 aliphatic carbocycles. The largest absolute Gasteiger partial charge is 0.493 e. The fourth-order valence-electron chi connectivity index (χ4n) is 3.30. The van der Waals surface area contributed by atoms with Gasteiger partial charge in [-0.25, -0.2) is 10.1 Å². The summed E-state index contributed by atoms with van der Waals surface area (Å²) in [5.41, 5.74) is 4.80. The normalized spacial score (nSPS) is 10.8. The number of amides is 1. The van der Waals surface area contributed by atoms with Crippen molar-refractivity contribution in [3.05, 3.63) is 107 Å². The van der Waals surface area contributed by atoms with E-state index < -0.39 is 5.91 Å². The summed E-state index contributed by atoms with van der Waals surface area (Å²) >= 11 is 0. The summed E-state index contributed by atoms with van der Waals surface area (Å²) in [6.45, 7) is 0. The molecule has 0 unspecified atom stereocenters. The number of aromatic nitrogens is 2. The second kappa shape index (κ2) is 10.3. The molecule has 34 heavy (non-hydrogen) atoms. The summed E-state index contributed by atoms with van der Waals surface area (Å²) in [5.74, 6) is 0.255. The van der Waals surface area contributed by atoms with Gasteiger partial charge in [-0.15, -0.1) is 0 Å². The molecule has 0 bridgehead atoms. The van der Waals surface area contributed by atoms with Gasteiger partial charge in [0.25, 0.3) is 5.91 Å². The number of para-hydroxylation sites is 1. The zero-order chi connectivity index (χ0) is 23.9. The average molecular weight is 454 g/mol. The van der Waals surface area contributed by atoms with E-state index in [1.54, 1.807) is 53.3 Å². The SMILES string of the molecule is COc1ccc(C(=O)NN=Cc2cn(-c3ccccc3)nc2C(=O)c2ccccc2)cc1OC. The van der Waals surface area contributed by atoms with Crippen molar-refractivity contribution in [3.63, 3.8) is 0 Å². The van der Waals surface area contributed by atoms with Crippen LogP contribution in [0.5, 0.6) is 11.5 Å². The lowest BCUT2D eigenvalue weighted by atomic mass is 10.1. The van der Waals surface area contributed by atoms with Gasteiger partial charge < -0.3 is 9.47 Å². The lowest BCUT2D eigenvalue weighted by molar-refractivity contribution is 0.0954. The third-order valence-corrected chi connectivity index (χ3v) is 5.03. The Labute approximate surface area is 196 Å². The first-order valence-corrected chi connectivity index (χ1v) is 10.4. The summed E-state index contributed by atoms with van der Waals surface area (Å²) in [5, 5.41) is 8.54. The van der Waals surface area contributed by atoms with Crippen molar-refractivity contribution in [1.82, 2.24) is 15.2 Å². The van der Waals surface area contributed by atoms with Crippen LogP contribution in [-0.4, -0.2) is 41.9 Å². The minimum atomic E-state index is -0.441. The van der Waals surface area contributed by atoms with Crippen molar-refractivity contribution in [1.29, 1.82) is 0 Å². The van der Waals surface area contributed by atoms with Crippen molar-refractivity contribution < 1.29 is 19.1 Å². The maximum absolute atomic E-state index is 13.1. The monoisotopic (exact) mass is 454 g/mol. The number of hydrogen-bond donors (Lipinski definition) is 1. The Morgan fingerprint density at radius 3 is 2.24 bits per heavy atom. The summed E-state index contributed by atoms with van der Waals surface area (Å²) in [4.78, 5) is 25.7. The Balaban J connectivity index is 1.61. The molecule has 0 atom stereocenters. The van der Waals surface area contributed by atoms with Crippen LogP contribution in [0.3, 0.4) is 0 Å². The zero-order valence-electron chi connectivity index (χ0n) is 18.6. The van der Waals surface area contributed by atoms with Crippen molar-refractivity contribution in [3.8, 4) is 17.2 Å². The number of hydrazone groups is 1. The summed E-state index contributed by atoms with van der Waals surface area (Å²) in [6.07, 6.45) is 3.10. The van der Waals surface area contributed by atoms with E-state index in [0.717, 1.165) is 5.69 Å². The number of ether oxygens (including phenoxy) is 2. The number of carbonyl (C=O) groups excluding carboxylic acids is 2. The molecule has 8 nitrogen and oxygen atoms in total. The maximum atomic E-state index is 13.1. The van der Waals surface area contributed by atoms with E-state index in [1.807, 2.05) is 36.4 Å². The van der Waals surface area contributed by atoms with Crippen molar-refractivity contribution in [2.45, 2.75) is 0 Å². The molecular formula is C26H22N4O4. The highest BCUT2D eigenvalue weighted by molar-refractivity contribution is 6.12. The minimum Gasteiger partial charge on any atom is -0.493 e. The van der Waals surface area contributed by atoms with Crippen molar-refractivity contribution in [2.24, 2.45) is 5.10 Å². The molecule has 0 saturated heterocycles. The Bertz CT molecular complexity index is 1330. The van der Waals surface area contributed by atoms with Gasteiger partial charge >= 0.3 is 0 Å². The van der Waals surface area contributed by atoms with E-state index >= 15 is 0 Å². The molecule has 170 valence electrons. The van der Waals surface area contributed by atoms with E-state index in [4.69, 9.17) is 9.47 Å². The predicted molar refractivity (Wildman–Crippen MR) is 128 cm³/mol. The van der Waals surface area contributed by atoms with Gasteiger partial charge in [0.15, 0.2) is 11.5 Å². The molecule has 1 aromatic heterocycles. The van der Waals surface area contributed by atoms with E-state index in [-0.39, 0.29) is 11.5 Å². The number of hydrogen-bond acceptors (Lipinski definition) is 6. The first-order valence-electron chi connectivity index (χ1n) is 10.4. The number of carbonyl (C=O) groups is 2. The molecule has 0 spiro atoms. The molecule has 0 aliphatic heterocycles. The zero-order valence-corrected chi connectivity index (χ0v) is 18.6. The van der Waals surface area contributed by atoms with Crippen LogP contribution in [0.4, 0.5) is 0 Å². The Hall–Kier alpha value is -4.72. The predicted octanol–water partition coefficient (Wildman–Crippen LogP) is 3.88. The Kier molecular flexibility index (Phi) is 6.78. The number of nitrogens with zero attached hydrogens (tertiary/aromatic N) is 3. The van der Waals surface area contributed by atoms with Gasteiger partial charge in [-0.1, -0.05) is 48.5 Å². The molecule has 0 aliphatic rings. The first-order chi connectivity index (χ1) is 16.6. The van der Waals surface area contributed by atoms with E-state index in [1.165, 1.54) is 20.4 Å². The van der Waals surface area contributed by atoms with E-state index in [2.05, 4.69) is 15.6 Å². The minimum absolute atomic E-state index is 0.221. The molecule has 0 fully saturated rings. The number of benzene rings is 3. The fraction of sp³-hybridized carbons (Fsp3) is 0.0769. The van der Waals surface area contributed by atoms with Gasteiger partial charge in [-0.3, -0.25) is 9.59 Å². The van der Waals surface area contributed by atoms with Gasteiger partial charge in [0, 0.05) is 22.9 Å². The highest BCUT2D eigenvalue weighted by Gasteiger charge is 2.18. The summed E-state index contributed by atoms with van der Waals surface area (Å²) < 4.78 is 12.0. The van der Waals surface area contributed by atoms with Crippen LogP contribution < -0.4 is 14.9 Å². The molecule has 3 aromatic carbocycles. The summed E-state index contributed by atoms with van der Waals surface area (Å²) in [7, 11) is 3.01. The molecule has 1 amide bonds. The number of rotatable bonds is 8. The third-order valence-electron chi connectivity index (χ3n) is 5.03. The van der Waals surface area contributed by atoms with E-state index in [0.29, 0.717) is 28.2 Å². The van der Waals surface area contributed by atoms with Gasteiger partial charge in [0.1, 0.15) is 5.69 Å². The molecule has 8 heteroatoms. The highest BCUT2D eigenvalue weighted by Crippen LogP contribution is 2.27. The number of ketones is 1. The first kappa shape index (κ1) is 22.5. The van der Waals surface area contributed by atoms with Crippen LogP contribution in [0.25, 0.3) is 5.69 Å².